The van der Waals surface area contributed by atoms with Crippen LogP contribution in [0.15, 0.2) is 52.2 Å². The number of thiazole rings is 1. The van der Waals surface area contributed by atoms with Crippen molar-refractivity contribution in [2.75, 3.05) is 0 Å². The Bertz CT molecular complexity index is 1120. The Morgan fingerprint density at radius 2 is 1.77 bits per heavy atom. The van der Waals surface area contributed by atoms with E-state index in [1.54, 1.807) is 34.5 Å². The van der Waals surface area contributed by atoms with Gasteiger partial charge in [0.2, 0.25) is 5.82 Å². The zero-order chi connectivity index (χ0) is 22.1. The summed E-state index contributed by atoms with van der Waals surface area (Å²) in [4.78, 5) is 22.0. The van der Waals surface area contributed by atoms with Gasteiger partial charge in [0, 0.05) is 10.9 Å². The van der Waals surface area contributed by atoms with Gasteiger partial charge in [-0.1, -0.05) is 45.9 Å². The summed E-state index contributed by atoms with van der Waals surface area (Å²) in [6.07, 6.45) is 0.840. The molecule has 0 bridgehead atoms. The third-order valence-electron chi connectivity index (χ3n) is 3.75. The first-order chi connectivity index (χ1) is 14.6. The Kier molecular flexibility index (Phi) is 8.54. The molecule has 0 atom stereocenters. The Morgan fingerprint density at radius 3 is 2.40 bits per heavy atom. The normalized spacial score (nSPS) is 9.93. The van der Waals surface area contributed by atoms with Crippen molar-refractivity contribution in [2.24, 2.45) is 0 Å². The molecule has 0 saturated heterocycles. The van der Waals surface area contributed by atoms with Crippen LogP contribution in [-0.4, -0.2) is 24.7 Å². The molecule has 3 heterocycles. The third-order valence-corrected chi connectivity index (χ3v) is 4.34. The van der Waals surface area contributed by atoms with Crippen LogP contribution in [0, 0.1) is 11.6 Å². The van der Waals surface area contributed by atoms with E-state index in [4.69, 9.17) is 0 Å². The molecule has 9 heteroatoms. The standard InChI is InChI=1S/C17H11F2N5OS.2C2H6/c18-11-4-2-1-3-10(11)7-24-15(14-8-26-9-21-14)5-13(23-24)16-20-6-12(19)17(25)22-16;2*1-2/h1-6,8-9H,7H2,(H,20,22,25);2*1-2H3. The average molecular weight is 432 g/mol. The fourth-order valence-corrected chi connectivity index (χ4v) is 3.04. The predicted molar refractivity (Wildman–Crippen MR) is 115 cm³/mol. The molecule has 1 aromatic carbocycles. The molecule has 0 aliphatic rings. The maximum Gasteiger partial charge on any atom is 0.287 e. The summed E-state index contributed by atoms with van der Waals surface area (Å²) in [5.41, 5.74) is 2.88. The largest absolute Gasteiger partial charge is 0.303 e. The van der Waals surface area contributed by atoms with Gasteiger partial charge in [0.1, 0.15) is 11.5 Å². The molecular weight excluding hydrogens is 408 g/mol. The van der Waals surface area contributed by atoms with Crippen LogP contribution in [0.25, 0.3) is 22.9 Å². The van der Waals surface area contributed by atoms with Crippen molar-refractivity contribution >= 4 is 11.3 Å². The summed E-state index contributed by atoms with van der Waals surface area (Å²) < 4.78 is 28.8. The second-order valence-corrected chi connectivity index (χ2v) is 6.17. The molecule has 0 spiro atoms. The summed E-state index contributed by atoms with van der Waals surface area (Å²) in [5.74, 6) is -1.19. The lowest BCUT2D eigenvalue weighted by Gasteiger charge is -2.06. The topological polar surface area (TPSA) is 76.5 Å². The number of rotatable bonds is 4. The van der Waals surface area contributed by atoms with E-state index in [0.717, 1.165) is 6.20 Å². The van der Waals surface area contributed by atoms with E-state index in [1.807, 2.05) is 33.1 Å². The van der Waals surface area contributed by atoms with Crippen LogP contribution in [-0.2, 0) is 6.54 Å². The molecule has 0 unspecified atom stereocenters. The highest BCUT2D eigenvalue weighted by atomic mass is 32.1. The first-order valence-electron chi connectivity index (χ1n) is 9.57. The summed E-state index contributed by atoms with van der Waals surface area (Å²) in [7, 11) is 0. The molecule has 4 aromatic rings. The minimum atomic E-state index is -0.973. The van der Waals surface area contributed by atoms with Gasteiger partial charge in [0.15, 0.2) is 5.82 Å². The molecule has 0 fully saturated rings. The van der Waals surface area contributed by atoms with Crippen LogP contribution in [0.1, 0.15) is 33.3 Å². The number of nitrogens with zero attached hydrogens (tertiary/aromatic N) is 4. The maximum atomic E-state index is 14.0. The number of nitrogens with one attached hydrogen (secondary N) is 1. The van der Waals surface area contributed by atoms with Crippen molar-refractivity contribution in [1.29, 1.82) is 0 Å². The van der Waals surface area contributed by atoms with Gasteiger partial charge in [-0.2, -0.15) is 9.49 Å². The first-order valence-corrected chi connectivity index (χ1v) is 10.5. The van der Waals surface area contributed by atoms with Crippen molar-refractivity contribution in [1.82, 2.24) is 24.7 Å². The predicted octanol–water partition coefficient (Wildman–Crippen LogP) is 5.14. The van der Waals surface area contributed by atoms with Crippen LogP contribution < -0.4 is 5.56 Å². The number of H-pyrrole nitrogens is 1. The van der Waals surface area contributed by atoms with E-state index >= 15 is 0 Å². The quantitative estimate of drug-likeness (QED) is 0.486. The highest BCUT2D eigenvalue weighted by Gasteiger charge is 2.16. The van der Waals surface area contributed by atoms with Gasteiger partial charge in [-0.15, -0.1) is 11.3 Å². The lowest BCUT2D eigenvalue weighted by atomic mass is 10.2. The number of hydrogen-bond acceptors (Lipinski definition) is 5. The van der Waals surface area contributed by atoms with Crippen LogP contribution in [0.2, 0.25) is 0 Å². The van der Waals surface area contributed by atoms with Crippen molar-refractivity contribution in [3.63, 3.8) is 0 Å². The van der Waals surface area contributed by atoms with Crippen LogP contribution in [0.3, 0.4) is 0 Å². The van der Waals surface area contributed by atoms with Crippen molar-refractivity contribution in [3.8, 4) is 22.9 Å². The van der Waals surface area contributed by atoms with E-state index in [2.05, 4.69) is 20.1 Å². The Hall–Kier alpha value is -3.20. The fraction of sp³-hybridized carbons (Fsp3) is 0.238. The van der Waals surface area contributed by atoms with Crippen molar-refractivity contribution in [2.45, 2.75) is 34.2 Å². The minimum absolute atomic E-state index is 0.125. The highest BCUT2D eigenvalue weighted by Crippen LogP contribution is 2.25. The lowest BCUT2D eigenvalue weighted by molar-refractivity contribution is 0.586. The molecule has 1 N–H and O–H groups in total. The molecule has 30 heavy (non-hydrogen) atoms. The fourth-order valence-electron chi connectivity index (χ4n) is 2.50. The summed E-state index contributed by atoms with van der Waals surface area (Å²) in [6, 6.07) is 8.07. The Morgan fingerprint density at radius 1 is 1.03 bits per heavy atom. The Balaban J connectivity index is 0.000000757. The number of aromatic nitrogens is 5. The Labute approximate surface area is 177 Å². The SMILES string of the molecule is CC.CC.O=c1[nH]c(-c2cc(-c3cscn3)n(Cc3ccccc3F)n2)ncc1F. The smallest absolute Gasteiger partial charge is 0.287 e. The molecule has 158 valence electrons. The van der Waals surface area contributed by atoms with Crippen LogP contribution in [0.4, 0.5) is 8.78 Å². The van der Waals surface area contributed by atoms with E-state index < -0.39 is 11.4 Å². The lowest BCUT2D eigenvalue weighted by Crippen LogP contribution is -2.12. The molecule has 0 saturated carbocycles. The van der Waals surface area contributed by atoms with Crippen molar-refractivity contribution < 1.29 is 8.78 Å². The number of aromatic amines is 1. The van der Waals surface area contributed by atoms with Gasteiger partial charge in [-0.25, -0.2) is 14.4 Å². The zero-order valence-corrected chi connectivity index (χ0v) is 18.0. The number of halogens is 2. The molecule has 3 aromatic heterocycles. The average Bonchev–Trinajstić information content (AvgIpc) is 3.45. The van der Waals surface area contributed by atoms with Gasteiger partial charge in [0.05, 0.1) is 29.6 Å². The van der Waals surface area contributed by atoms with E-state index in [0.29, 0.717) is 22.6 Å². The number of hydrogen-bond donors (Lipinski definition) is 1. The second kappa shape index (κ2) is 11.1. The van der Waals surface area contributed by atoms with Crippen LogP contribution >= 0.6 is 11.3 Å². The first kappa shape index (κ1) is 23.1. The summed E-state index contributed by atoms with van der Waals surface area (Å²) >= 11 is 1.41. The molecule has 0 amide bonds. The highest BCUT2D eigenvalue weighted by molar-refractivity contribution is 7.07. The van der Waals surface area contributed by atoms with Gasteiger partial charge in [-0.3, -0.25) is 9.48 Å². The summed E-state index contributed by atoms with van der Waals surface area (Å²) in [6.45, 7) is 8.17. The van der Waals surface area contributed by atoms with Gasteiger partial charge < -0.3 is 4.98 Å². The molecular formula is C21H23F2N5OS. The number of benzene rings is 1. The van der Waals surface area contributed by atoms with Gasteiger partial charge >= 0.3 is 0 Å². The van der Waals surface area contributed by atoms with E-state index in [9.17, 15) is 13.6 Å². The molecule has 0 aliphatic heterocycles. The van der Waals surface area contributed by atoms with Gasteiger partial charge in [-0.05, 0) is 12.1 Å². The second-order valence-electron chi connectivity index (χ2n) is 5.45. The monoisotopic (exact) mass is 431 g/mol. The van der Waals surface area contributed by atoms with Gasteiger partial charge in [0.25, 0.3) is 5.56 Å². The third kappa shape index (κ3) is 5.24. The molecule has 4 rings (SSSR count). The molecule has 0 radical (unpaired) electrons. The molecule has 0 aliphatic carbocycles. The maximum absolute atomic E-state index is 14.0. The van der Waals surface area contributed by atoms with Crippen molar-refractivity contribution in [3.05, 3.63) is 75.0 Å². The van der Waals surface area contributed by atoms with Crippen LogP contribution in [0.5, 0.6) is 0 Å². The molecule has 6 nitrogen and oxygen atoms in total. The summed E-state index contributed by atoms with van der Waals surface area (Å²) in [5, 5.41) is 6.24. The minimum Gasteiger partial charge on any atom is -0.303 e. The van der Waals surface area contributed by atoms with E-state index in [-0.39, 0.29) is 18.2 Å². The van der Waals surface area contributed by atoms with E-state index in [1.165, 1.54) is 17.4 Å². The zero-order valence-electron chi connectivity index (χ0n) is 17.2.